The first-order chi connectivity index (χ1) is 12.8. The van der Waals surface area contributed by atoms with Crippen LogP contribution < -0.4 is 16.7 Å². The van der Waals surface area contributed by atoms with E-state index in [4.69, 9.17) is 0 Å². The lowest BCUT2D eigenvalue weighted by Crippen LogP contribution is -2.29. The van der Waals surface area contributed by atoms with Gasteiger partial charge in [0, 0.05) is 7.05 Å². The average molecular weight is 372 g/mol. The normalized spacial score (nSPS) is 13.1. The molecule has 4 N–H and O–H groups in total. The van der Waals surface area contributed by atoms with Crippen LogP contribution in [-0.4, -0.2) is 41.1 Å². The number of benzene rings is 1. The number of aromatic hydroxyl groups is 1. The summed E-state index contributed by atoms with van der Waals surface area (Å²) in [5.74, 6) is 0.370. The smallest absolute Gasteiger partial charge is 0.329 e. The summed E-state index contributed by atoms with van der Waals surface area (Å²) in [5, 5.41) is 23.4. The van der Waals surface area contributed by atoms with E-state index in [1.807, 2.05) is 0 Å². The van der Waals surface area contributed by atoms with Crippen molar-refractivity contribution in [2.24, 2.45) is 12.1 Å². The molecule has 0 saturated carbocycles. The predicted octanol–water partition coefficient (Wildman–Crippen LogP) is 0.346. The molecular weight excluding hydrogens is 352 g/mol. The standard InChI is InChI=1S/C17H20N6O4/c1-9(24)8-23-13-14(22(3)17(27)19-15(13)26)18-16(23)21-20-10(2)11-4-6-12(25)7-5-11/h4-7,9,24-25H,8H2,1-3H3,(H,18,21)(H,19,26,27)/b20-10+. The zero-order chi connectivity index (χ0) is 19.7. The molecule has 27 heavy (non-hydrogen) atoms. The molecule has 1 unspecified atom stereocenters. The summed E-state index contributed by atoms with van der Waals surface area (Å²) in [5.41, 5.74) is 3.37. The number of aromatic nitrogens is 4. The summed E-state index contributed by atoms with van der Waals surface area (Å²) in [4.78, 5) is 30.6. The van der Waals surface area contributed by atoms with E-state index >= 15 is 0 Å². The molecule has 0 saturated heterocycles. The van der Waals surface area contributed by atoms with Crippen LogP contribution in [0.2, 0.25) is 0 Å². The Hall–Kier alpha value is -3.40. The number of aryl methyl sites for hydroxylation is 1. The first kappa shape index (κ1) is 18.4. The Morgan fingerprint density at radius 2 is 2.00 bits per heavy atom. The Labute approximate surface area is 153 Å². The fourth-order valence-electron chi connectivity index (χ4n) is 2.66. The van der Waals surface area contributed by atoms with Gasteiger partial charge in [-0.25, -0.2) is 10.2 Å². The number of hydrazone groups is 1. The summed E-state index contributed by atoms with van der Waals surface area (Å²) < 4.78 is 2.70. The minimum absolute atomic E-state index is 0.0912. The summed E-state index contributed by atoms with van der Waals surface area (Å²) >= 11 is 0. The van der Waals surface area contributed by atoms with Crippen LogP contribution in [0.5, 0.6) is 5.75 Å². The van der Waals surface area contributed by atoms with Crippen molar-refractivity contribution in [2.75, 3.05) is 5.43 Å². The van der Waals surface area contributed by atoms with Crippen molar-refractivity contribution in [1.82, 2.24) is 19.1 Å². The number of hydrogen-bond donors (Lipinski definition) is 4. The van der Waals surface area contributed by atoms with Crippen LogP contribution in [0.4, 0.5) is 5.95 Å². The van der Waals surface area contributed by atoms with Crippen molar-refractivity contribution in [3.8, 4) is 5.75 Å². The van der Waals surface area contributed by atoms with Crippen LogP contribution in [0, 0.1) is 0 Å². The van der Waals surface area contributed by atoms with Crippen molar-refractivity contribution >= 4 is 22.8 Å². The summed E-state index contributed by atoms with van der Waals surface area (Å²) in [7, 11) is 1.50. The Morgan fingerprint density at radius 1 is 1.33 bits per heavy atom. The number of aliphatic hydroxyl groups is 1. The van der Waals surface area contributed by atoms with Crippen molar-refractivity contribution < 1.29 is 10.2 Å². The van der Waals surface area contributed by atoms with E-state index in [9.17, 15) is 19.8 Å². The maximum Gasteiger partial charge on any atom is 0.329 e. The number of imidazole rings is 1. The maximum atomic E-state index is 12.3. The highest BCUT2D eigenvalue weighted by Crippen LogP contribution is 2.17. The second kappa shape index (κ2) is 7.08. The van der Waals surface area contributed by atoms with Gasteiger partial charge >= 0.3 is 5.69 Å². The third-order valence-electron chi connectivity index (χ3n) is 4.06. The third-order valence-corrected chi connectivity index (χ3v) is 4.06. The first-order valence-corrected chi connectivity index (χ1v) is 8.25. The van der Waals surface area contributed by atoms with Crippen LogP contribution >= 0.6 is 0 Å². The molecule has 10 heteroatoms. The van der Waals surface area contributed by atoms with Gasteiger partial charge in [-0.3, -0.25) is 14.3 Å². The van der Waals surface area contributed by atoms with Gasteiger partial charge in [-0.1, -0.05) is 0 Å². The summed E-state index contributed by atoms with van der Waals surface area (Å²) in [6.45, 7) is 3.44. The van der Waals surface area contributed by atoms with Gasteiger partial charge < -0.3 is 14.8 Å². The molecule has 1 atom stereocenters. The maximum absolute atomic E-state index is 12.3. The van der Waals surface area contributed by atoms with Gasteiger partial charge in [0.2, 0.25) is 5.95 Å². The molecule has 1 aromatic carbocycles. The van der Waals surface area contributed by atoms with Crippen LogP contribution in [-0.2, 0) is 13.6 Å². The van der Waals surface area contributed by atoms with E-state index in [1.165, 1.54) is 16.2 Å². The number of H-pyrrole nitrogens is 1. The van der Waals surface area contributed by atoms with Crippen LogP contribution in [0.15, 0.2) is 39.0 Å². The molecular formula is C17H20N6O4. The molecule has 0 aliphatic carbocycles. The van der Waals surface area contributed by atoms with Gasteiger partial charge in [-0.05, 0) is 43.7 Å². The predicted molar refractivity (Wildman–Crippen MR) is 101 cm³/mol. The molecule has 2 heterocycles. The monoisotopic (exact) mass is 372 g/mol. The van der Waals surface area contributed by atoms with E-state index in [-0.39, 0.29) is 29.4 Å². The van der Waals surface area contributed by atoms with E-state index < -0.39 is 17.4 Å². The number of nitrogens with zero attached hydrogens (tertiary/aromatic N) is 4. The van der Waals surface area contributed by atoms with Crippen molar-refractivity contribution in [2.45, 2.75) is 26.5 Å². The summed E-state index contributed by atoms with van der Waals surface area (Å²) in [6.07, 6.45) is -0.748. The third kappa shape index (κ3) is 3.60. The summed E-state index contributed by atoms with van der Waals surface area (Å²) in [6, 6.07) is 6.52. The number of phenolic OH excluding ortho intramolecular Hbond substituents is 1. The Bertz CT molecular complexity index is 1120. The fourth-order valence-corrected chi connectivity index (χ4v) is 2.66. The highest BCUT2D eigenvalue weighted by molar-refractivity contribution is 5.99. The number of rotatable bonds is 5. The number of nitrogens with one attached hydrogen (secondary N) is 2. The van der Waals surface area contributed by atoms with Crippen molar-refractivity contribution in [3.63, 3.8) is 0 Å². The lowest BCUT2D eigenvalue weighted by Gasteiger charge is -2.10. The molecule has 0 aliphatic rings. The quantitative estimate of drug-likeness (QED) is 0.377. The van der Waals surface area contributed by atoms with E-state index in [1.54, 1.807) is 38.1 Å². The lowest BCUT2D eigenvalue weighted by molar-refractivity contribution is 0.175. The highest BCUT2D eigenvalue weighted by Gasteiger charge is 2.18. The molecule has 3 aromatic rings. The van der Waals surface area contributed by atoms with Crippen molar-refractivity contribution in [1.29, 1.82) is 0 Å². The fraction of sp³-hybridized carbons (Fsp3) is 0.294. The highest BCUT2D eigenvalue weighted by atomic mass is 16.3. The molecule has 2 aromatic heterocycles. The molecule has 0 radical (unpaired) electrons. The number of phenols is 1. The molecule has 0 bridgehead atoms. The molecule has 142 valence electrons. The molecule has 0 amide bonds. The second-order valence-electron chi connectivity index (χ2n) is 6.24. The largest absolute Gasteiger partial charge is 0.508 e. The second-order valence-corrected chi connectivity index (χ2v) is 6.24. The van der Waals surface area contributed by atoms with Crippen LogP contribution in [0.3, 0.4) is 0 Å². The van der Waals surface area contributed by atoms with Gasteiger partial charge in [-0.15, -0.1) is 0 Å². The van der Waals surface area contributed by atoms with E-state index in [2.05, 4.69) is 20.5 Å². The minimum atomic E-state index is -0.748. The molecule has 0 aliphatic heterocycles. The van der Waals surface area contributed by atoms with Gasteiger partial charge in [0.05, 0.1) is 18.4 Å². The number of hydrogen-bond acceptors (Lipinski definition) is 7. The average Bonchev–Trinajstić information content (AvgIpc) is 2.96. The Balaban J connectivity index is 2.07. The zero-order valence-corrected chi connectivity index (χ0v) is 15.1. The van der Waals surface area contributed by atoms with Gasteiger partial charge in [0.25, 0.3) is 5.56 Å². The van der Waals surface area contributed by atoms with Crippen LogP contribution in [0.1, 0.15) is 19.4 Å². The SMILES string of the molecule is C/C(=N\Nc1nc2c(c(=O)[nH]c(=O)n2C)n1CC(C)O)c1ccc(O)cc1. The number of aliphatic hydroxyl groups excluding tert-OH is 1. The van der Waals surface area contributed by atoms with Gasteiger partial charge in [0.15, 0.2) is 11.2 Å². The van der Waals surface area contributed by atoms with E-state index in [0.29, 0.717) is 5.71 Å². The topological polar surface area (TPSA) is 138 Å². The molecule has 3 rings (SSSR count). The molecule has 10 nitrogen and oxygen atoms in total. The number of fused-ring (bicyclic) bond motifs is 1. The van der Waals surface area contributed by atoms with Crippen LogP contribution in [0.25, 0.3) is 11.2 Å². The number of aromatic amines is 1. The minimum Gasteiger partial charge on any atom is -0.508 e. The molecule has 0 spiro atoms. The Kier molecular flexibility index (Phi) is 4.82. The first-order valence-electron chi connectivity index (χ1n) is 8.25. The van der Waals surface area contributed by atoms with Gasteiger partial charge in [0.1, 0.15) is 5.75 Å². The zero-order valence-electron chi connectivity index (χ0n) is 15.1. The lowest BCUT2D eigenvalue weighted by atomic mass is 10.1. The Morgan fingerprint density at radius 3 is 2.63 bits per heavy atom. The molecule has 0 fully saturated rings. The van der Waals surface area contributed by atoms with E-state index in [0.717, 1.165) is 5.56 Å². The van der Waals surface area contributed by atoms with Gasteiger partial charge in [-0.2, -0.15) is 10.1 Å². The van der Waals surface area contributed by atoms with Crippen molar-refractivity contribution in [3.05, 3.63) is 50.7 Å². The number of anilines is 1.